The predicted molar refractivity (Wildman–Crippen MR) is 73.4 cm³/mol. The molecule has 1 aromatic rings. The SMILES string of the molecule is CC1CN(CCNCc2ccoc2)CC(C)S1. The first-order valence-corrected chi connectivity index (χ1v) is 7.28. The van der Waals surface area contributed by atoms with Gasteiger partial charge in [-0.15, -0.1) is 0 Å². The Hall–Kier alpha value is -0.450. The zero-order chi connectivity index (χ0) is 12.1. The molecule has 0 bridgehead atoms. The third-order valence-corrected chi connectivity index (χ3v) is 4.24. The molecule has 1 saturated heterocycles. The van der Waals surface area contributed by atoms with Crippen LogP contribution in [0.2, 0.25) is 0 Å². The molecule has 0 spiro atoms. The zero-order valence-corrected chi connectivity index (χ0v) is 11.5. The average molecular weight is 254 g/mol. The highest BCUT2D eigenvalue weighted by molar-refractivity contribution is 8.00. The van der Waals surface area contributed by atoms with Gasteiger partial charge in [0.1, 0.15) is 0 Å². The van der Waals surface area contributed by atoms with Gasteiger partial charge in [-0.05, 0) is 6.07 Å². The fraction of sp³-hybridized carbons (Fsp3) is 0.692. The van der Waals surface area contributed by atoms with Gasteiger partial charge in [0.2, 0.25) is 0 Å². The standard InChI is InChI=1S/C13H22N2OS/c1-11-8-15(9-12(2)17-11)5-4-14-7-13-3-6-16-10-13/h3,6,10-12,14H,4-5,7-9H2,1-2H3. The molecule has 2 atom stereocenters. The van der Waals surface area contributed by atoms with Gasteiger partial charge in [-0.2, -0.15) is 11.8 Å². The van der Waals surface area contributed by atoms with Crippen LogP contribution in [0.5, 0.6) is 0 Å². The second kappa shape index (κ2) is 6.47. The van der Waals surface area contributed by atoms with E-state index in [4.69, 9.17) is 4.42 Å². The van der Waals surface area contributed by atoms with E-state index in [9.17, 15) is 0 Å². The Morgan fingerprint density at radius 1 is 1.41 bits per heavy atom. The first-order chi connectivity index (χ1) is 8.24. The van der Waals surface area contributed by atoms with E-state index in [1.807, 2.05) is 6.07 Å². The van der Waals surface area contributed by atoms with Gasteiger partial charge in [0, 0.05) is 48.8 Å². The predicted octanol–water partition coefficient (Wildman–Crippen LogP) is 2.19. The van der Waals surface area contributed by atoms with E-state index in [1.165, 1.54) is 18.7 Å². The number of nitrogens with one attached hydrogen (secondary N) is 1. The van der Waals surface area contributed by atoms with Crippen molar-refractivity contribution in [3.05, 3.63) is 24.2 Å². The van der Waals surface area contributed by atoms with E-state index >= 15 is 0 Å². The van der Waals surface area contributed by atoms with Crippen LogP contribution in [0.15, 0.2) is 23.0 Å². The Morgan fingerprint density at radius 3 is 2.82 bits per heavy atom. The summed E-state index contributed by atoms with van der Waals surface area (Å²) in [6, 6.07) is 2.01. The Labute approximate surface area is 108 Å². The topological polar surface area (TPSA) is 28.4 Å². The van der Waals surface area contributed by atoms with Crippen molar-refractivity contribution in [1.29, 1.82) is 0 Å². The number of hydrogen-bond donors (Lipinski definition) is 1. The van der Waals surface area contributed by atoms with Gasteiger partial charge < -0.3 is 9.73 Å². The van der Waals surface area contributed by atoms with Crippen molar-refractivity contribution >= 4 is 11.8 Å². The molecule has 0 aromatic carbocycles. The fourth-order valence-corrected chi connectivity index (χ4v) is 3.72. The highest BCUT2D eigenvalue weighted by atomic mass is 32.2. The normalized spacial score (nSPS) is 26.2. The van der Waals surface area contributed by atoms with Crippen molar-refractivity contribution in [2.75, 3.05) is 26.2 Å². The van der Waals surface area contributed by atoms with E-state index in [1.54, 1.807) is 12.5 Å². The maximum absolute atomic E-state index is 5.04. The summed E-state index contributed by atoms with van der Waals surface area (Å²) in [5, 5.41) is 5.00. The number of rotatable bonds is 5. The number of nitrogens with zero attached hydrogens (tertiary/aromatic N) is 1. The smallest absolute Gasteiger partial charge is 0.0947 e. The van der Waals surface area contributed by atoms with Crippen LogP contribution in [0.3, 0.4) is 0 Å². The molecule has 0 saturated carbocycles. The summed E-state index contributed by atoms with van der Waals surface area (Å²) < 4.78 is 5.04. The van der Waals surface area contributed by atoms with Crippen molar-refractivity contribution in [1.82, 2.24) is 10.2 Å². The zero-order valence-electron chi connectivity index (χ0n) is 10.7. The highest BCUT2D eigenvalue weighted by Gasteiger charge is 2.21. The van der Waals surface area contributed by atoms with Crippen LogP contribution in [0.4, 0.5) is 0 Å². The Morgan fingerprint density at radius 2 is 2.18 bits per heavy atom. The van der Waals surface area contributed by atoms with Gasteiger partial charge in [-0.25, -0.2) is 0 Å². The molecule has 17 heavy (non-hydrogen) atoms. The van der Waals surface area contributed by atoms with Crippen LogP contribution in [0.1, 0.15) is 19.4 Å². The van der Waals surface area contributed by atoms with Gasteiger partial charge in [0.15, 0.2) is 0 Å². The van der Waals surface area contributed by atoms with E-state index in [2.05, 4.69) is 35.8 Å². The average Bonchev–Trinajstić information content (AvgIpc) is 2.76. The summed E-state index contributed by atoms with van der Waals surface area (Å²) >= 11 is 2.11. The summed E-state index contributed by atoms with van der Waals surface area (Å²) in [5.41, 5.74) is 1.22. The first-order valence-electron chi connectivity index (χ1n) is 6.33. The number of furan rings is 1. The maximum Gasteiger partial charge on any atom is 0.0947 e. The lowest BCUT2D eigenvalue weighted by atomic mass is 10.3. The summed E-state index contributed by atoms with van der Waals surface area (Å²) in [5.74, 6) is 0. The second-order valence-corrected chi connectivity index (χ2v) is 6.71. The molecular weight excluding hydrogens is 232 g/mol. The van der Waals surface area contributed by atoms with Crippen molar-refractivity contribution in [2.24, 2.45) is 0 Å². The fourth-order valence-electron chi connectivity index (χ4n) is 2.33. The molecule has 0 radical (unpaired) electrons. The van der Waals surface area contributed by atoms with Gasteiger partial charge in [-0.1, -0.05) is 13.8 Å². The summed E-state index contributed by atoms with van der Waals surface area (Å²) in [6.45, 7) is 10.2. The molecule has 1 aromatic heterocycles. The lowest BCUT2D eigenvalue weighted by Gasteiger charge is -2.34. The van der Waals surface area contributed by atoms with Crippen molar-refractivity contribution in [3.63, 3.8) is 0 Å². The van der Waals surface area contributed by atoms with E-state index in [0.717, 1.165) is 30.1 Å². The minimum absolute atomic E-state index is 0.771. The Kier molecular flexibility index (Phi) is 4.95. The maximum atomic E-state index is 5.04. The number of thioether (sulfide) groups is 1. The quantitative estimate of drug-likeness (QED) is 0.816. The summed E-state index contributed by atoms with van der Waals surface area (Å²) in [7, 11) is 0. The van der Waals surface area contributed by atoms with E-state index < -0.39 is 0 Å². The van der Waals surface area contributed by atoms with Gasteiger partial charge in [0.05, 0.1) is 12.5 Å². The molecule has 0 aliphatic carbocycles. The molecule has 3 nitrogen and oxygen atoms in total. The second-order valence-electron chi connectivity index (χ2n) is 4.83. The Balaban J connectivity index is 1.61. The Bertz CT molecular complexity index is 305. The van der Waals surface area contributed by atoms with Crippen molar-refractivity contribution in [2.45, 2.75) is 30.9 Å². The summed E-state index contributed by atoms with van der Waals surface area (Å²) in [6.07, 6.45) is 3.52. The molecule has 2 heterocycles. The lowest BCUT2D eigenvalue weighted by Crippen LogP contribution is -2.43. The third-order valence-electron chi connectivity index (χ3n) is 3.01. The lowest BCUT2D eigenvalue weighted by molar-refractivity contribution is 0.270. The van der Waals surface area contributed by atoms with Crippen LogP contribution < -0.4 is 5.32 Å². The third kappa shape index (κ3) is 4.37. The molecular formula is C13H22N2OS. The van der Waals surface area contributed by atoms with Gasteiger partial charge in [-0.3, -0.25) is 4.90 Å². The van der Waals surface area contributed by atoms with E-state index in [0.29, 0.717) is 0 Å². The minimum atomic E-state index is 0.771. The van der Waals surface area contributed by atoms with Crippen LogP contribution >= 0.6 is 11.8 Å². The molecule has 0 amide bonds. The highest BCUT2D eigenvalue weighted by Crippen LogP contribution is 2.24. The van der Waals surface area contributed by atoms with E-state index in [-0.39, 0.29) is 0 Å². The van der Waals surface area contributed by atoms with Crippen molar-refractivity contribution in [3.8, 4) is 0 Å². The summed E-state index contributed by atoms with van der Waals surface area (Å²) in [4.78, 5) is 2.56. The van der Waals surface area contributed by atoms with Crippen molar-refractivity contribution < 1.29 is 4.42 Å². The largest absolute Gasteiger partial charge is 0.472 e. The van der Waals surface area contributed by atoms with Gasteiger partial charge in [0.25, 0.3) is 0 Å². The molecule has 96 valence electrons. The molecule has 2 unspecified atom stereocenters. The van der Waals surface area contributed by atoms with Gasteiger partial charge >= 0.3 is 0 Å². The molecule has 1 aliphatic rings. The molecule has 1 aliphatic heterocycles. The molecule has 4 heteroatoms. The minimum Gasteiger partial charge on any atom is -0.472 e. The van der Waals surface area contributed by atoms with Crippen LogP contribution in [0.25, 0.3) is 0 Å². The molecule has 2 rings (SSSR count). The molecule has 1 N–H and O–H groups in total. The van der Waals surface area contributed by atoms with Crippen LogP contribution in [-0.2, 0) is 6.54 Å². The monoisotopic (exact) mass is 254 g/mol. The van der Waals surface area contributed by atoms with Crippen LogP contribution in [-0.4, -0.2) is 41.6 Å². The molecule has 1 fully saturated rings. The van der Waals surface area contributed by atoms with Crippen LogP contribution in [0, 0.1) is 0 Å². The number of hydrogen-bond acceptors (Lipinski definition) is 4. The first kappa shape index (κ1) is 13.0.